The summed E-state index contributed by atoms with van der Waals surface area (Å²) < 4.78 is 1.34. The van der Waals surface area contributed by atoms with E-state index in [0.717, 1.165) is 19.3 Å². The maximum Gasteiger partial charge on any atom is 0.339 e. The van der Waals surface area contributed by atoms with Crippen LogP contribution in [0.3, 0.4) is 0 Å². The van der Waals surface area contributed by atoms with Crippen LogP contribution in [0.25, 0.3) is 0 Å². The molecule has 6 heteroatoms. The summed E-state index contributed by atoms with van der Waals surface area (Å²) in [6, 6.07) is 0.155. The molecule has 0 spiro atoms. The van der Waals surface area contributed by atoms with Crippen LogP contribution in [0.1, 0.15) is 47.0 Å². The number of aromatic nitrogens is 2. The molecule has 0 aliphatic carbocycles. The Kier molecular flexibility index (Phi) is 3.36. The van der Waals surface area contributed by atoms with E-state index < -0.39 is 5.97 Å². The largest absolute Gasteiger partial charge is 0.478 e. The van der Waals surface area contributed by atoms with E-state index in [-0.39, 0.29) is 23.2 Å². The van der Waals surface area contributed by atoms with Crippen LogP contribution < -0.4 is 0 Å². The molecule has 0 radical (unpaired) electrons. The van der Waals surface area contributed by atoms with Gasteiger partial charge in [-0.2, -0.15) is 5.10 Å². The van der Waals surface area contributed by atoms with Gasteiger partial charge in [-0.25, -0.2) is 4.79 Å². The number of rotatable bonds is 2. The Bertz CT molecular complexity index is 481. The maximum atomic E-state index is 12.4. The molecule has 1 aliphatic rings. The SMILES string of the molecule is C[C@H]1CCCCN1C(=O)c1c(C(=O)O)cnn1C. The molecule has 1 aliphatic heterocycles. The first-order valence-corrected chi connectivity index (χ1v) is 6.08. The van der Waals surface area contributed by atoms with E-state index in [2.05, 4.69) is 5.10 Å². The second-order valence-electron chi connectivity index (χ2n) is 4.68. The van der Waals surface area contributed by atoms with E-state index in [4.69, 9.17) is 5.11 Å². The molecule has 0 aromatic carbocycles. The first-order valence-electron chi connectivity index (χ1n) is 6.08. The van der Waals surface area contributed by atoms with Gasteiger partial charge in [-0.3, -0.25) is 9.48 Å². The molecule has 1 aromatic rings. The Balaban J connectivity index is 2.33. The van der Waals surface area contributed by atoms with Crippen LogP contribution in [0.2, 0.25) is 0 Å². The third-order valence-electron chi connectivity index (χ3n) is 3.44. The molecule has 0 bridgehead atoms. The van der Waals surface area contributed by atoms with Gasteiger partial charge in [0.25, 0.3) is 5.91 Å². The van der Waals surface area contributed by atoms with Gasteiger partial charge in [0.1, 0.15) is 11.3 Å². The van der Waals surface area contributed by atoms with Crippen LogP contribution in [0.15, 0.2) is 6.20 Å². The first kappa shape index (κ1) is 12.6. The lowest BCUT2D eigenvalue weighted by Gasteiger charge is -2.33. The van der Waals surface area contributed by atoms with Crippen molar-refractivity contribution in [3.05, 3.63) is 17.5 Å². The second-order valence-corrected chi connectivity index (χ2v) is 4.68. The molecular weight excluding hydrogens is 234 g/mol. The number of hydrogen-bond acceptors (Lipinski definition) is 3. The average Bonchev–Trinajstić information content (AvgIpc) is 2.71. The van der Waals surface area contributed by atoms with Gasteiger partial charge in [0.15, 0.2) is 0 Å². The number of piperidine rings is 1. The Morgan fingerprint density at radius 3 is 2.78 bits per heavy atom. The monoisotopic (exact) mass is 251 g/mol. The van der Waals surface area contributed by atoms with E-state index in [0.29, 0.717) is 6.54 Å². The number of carboxylic acid groups (broad SMARTS) is 1. The third-order valence-corrected chi connectivity index (χ3v) is 3.44. The van der Waals surface area contributed by atoms with E-state index in [9.17, 15) is 9.59 Å². The van der Waals surface area contributed by atoms with Gasteiger partial charge < -0.3 is 10.0 Å². The van der Waals surface area contributed by atoms with E-state index in [1.807, 2.05) is 6.92 Å². The van der Waals surface area contributed by atoms with Crippen LogP contribution in [0.5, 0.6) is 0 Å². The Labute approximate surface area is 105 Å². The lowest BCUT2D eigenvalue weighted by molar-refractivity contribution is 0.0603. The highest BCUT2D eigenvalue weighted by atomic mass is 16.4. The minimum absolute atomic E-state index is 0.0275. The number of aryl methyl sites for hydroxylation is 1. The number of amides is 1. The Morgan fingerprint density at radius 2 is 2.17 bits per heavy atom. The van der Waals surface area contributed by atoms with Crippen molar-refractivity contribution in [1.29, 1.82) is 0 Å². The van der Waals surface area contributed by atoms with Gasteiger partial charge in [-0.05, 0) is 26.2 Å². The number of nitrogens with zero attached hydrogens (tertiary/aromatic N) is 3. The second kappa shape index (κ2) is 4.80. The molecule has 0 saturated carbocycles. The summed E-state index contributed by atoms with van der Waals surface area (Å²) in [4.78, 5) is 25.2. The van der Waals surface area contributed by atoms with Crippen molar-refractivity contribution in [1.82, 2.24) is 14.7 Å². The first-order chi connectivity index (χ1) is 8.52. The fraction of sp³-hybridized carbons (Fsp3) is 0.583. The zero-order chi connectivity index (χ0) is 13.3. The summed E-state index contributed by atoms with van der Waals surface area (Å²) in [5.41, 5.74) is 0.136. The summed E-state index contributed by atoms with van der Waals surface area (Å²) in [5.74, 6) is -1.35. The predicted molar refractivity (Wildman–Crippen MR) is 64.5 cm³/mol. The van der Waals surface area contributed by atoms with Crippen LogP contribution in [-0.2, 0) is 7.05 Å². The molecule has 2 rings (SSSR count). The topological polar surface area (TPSA) is 75.4 Å². The highest BCUT2D eigenvalue weighted by Gasteiger charge is 2.29. The zero-order valence-corrected chi connectivity index (χ0v) is 10.6. The summed E-state index contributed by atoms with van der Waals surface area (Å²) >= 11 is 0. The molecule has 98 valence electrons. The number of hydrogen-bond donors (Lipinski definition) is 1. The number of carboxylic acids is 1. The van der Waals surface area contributed by atoms with Gasteiger partial charge >= 0.3 is 5.97 Å². The normalized spacial score (nSPS) is 19.9. The van der Waals surface area contributed by atoms with Gasteiger partial charge in [-0.15, -0.1) is 0 Å². The van der Waals surface area contributed by atoms with Crippen LogP contribution in [-0.4, -0.2) is 44.3 Å². The molecule has 2 heterocycles. The quantitative estimate of drug-likeness (QED) is 0.855. The van der Waals surface area contributed by atoms with Gasteiger partial charge in [0.2, 0.25) is 0 Å². The molecule has 6 nitrogen and oxygen atoms in total. The van der Waals surface area contributed by atoms with E-state index in [1.54, 1.807) is 11.9 Å². The predicted octanol–water partition coefficient (Wildman–Crippen LogP) is 1.13. The molecule has 1 amide bonds. The number of aromatic carboxylic acids is 1. The highest BCUT2D eigenvalue weighted by Crippen LogP contribution is 2.20. The minimum atomic E-state index is -1.11. The van der Waals surface area contributed by atoms with Crippen LogP contribution in [0, 0.1) is 0 Å². The lowest BCUT2D eigenvalue weighted by atomic mass is 10.0. The molecule has 18 heavy (non-hydrogen) atoms. The molecular formula is C12H17N3O3. The molecule has 1 aromatic heterocycles. The third kappa shape index (κ3) is 2.10. The van der Waals surface area contributed by atoms with Crippen molar-refractivity contribution in [3.63, 3.8) is 0 Å². The summed E-state index contributed by atoms with van der Waals surface area (Å²) in [7, 11) is 1.59. The van der Waals surface area contributed by atoms with Crippen molar-refractivity contribution in [2.75, 3.05) is 6.54 Å². The van der Waals surface area contributed by atoms with Gasteiger partial charge in [-0.1, -0.05) is 0 Å². The van der Waals surface area contributed by atoms with Gasteiger partial charge in [0, 0.05) is 19.6 Å². The van der Waals surface area contributed by atoms with Crippen molar-refractivity contribution in [2.24, 2.45) is 7.05 Å². The van der Waals surface area contributed by atoms with Crippen molar-refractivity contribution in [3.8, 4) is 0 Å². The zero-order valence-electron chi connectivity index (χ0n) is 10.6. The molecule has 1 atom stereocenters. The summed E-state index contributed by atoms with van der Waals surface area (Å²) in [6.07, 6.45) is 4.27. The van der Waals surface area contributed by atoms with Crippen molar-refractivity contribution in [2.45, 2.75) is 32.2 Å². The highest BCUT2D eigenvalue weighted by molar-refractivity contribution is 6.03. The Hall–Kier alpha value is -1.85. The number of carbonyl (C=O) groups is 2. The Morgan fingerprint density at radius 1 is 1.44 bits per heavy atom. The standard InChI is InChI=1S/C12H17N3O3/c1-8-5-3-4-6-15(8)11(16)10-9(12(17)18)7-13-14(10)2/h7-8H,3-6H2,1-2H3,(H,17,18)/t8-/m0/s1. The molecule has 1 saturated heterocycles. The molecule has 1 fully saturated rings. The minimum Gasteiger partial charge on any atom is -0.478 e. The number of likely N-dealkylation sites (tertiary alicyclic amines) is 1. The van der Waals surface area contributed by atoms with E-state index >= 15 is 0 Å². The molecule has 1 N–H and O–H groups in total. The lowest BCUT2D eigenvalue weighted by Crippen LogP contribution is -2.43. The summed E-state index contributed by atoms with van der Waals surface area (Å²) in [6.45, 7) is 2.68. The van der Waals surface area contributed by atoms with Crippen LogP contribution in [0.4, 0.5) is 0 Å². The van der Waals surface area contributed by atoms with Gasteiger partial charge in [0.05, 0.1) is 6.20 Å². The fourth-order valence-corrected chi connectivity index (χ4v) is 2.38. The van der Waals surface area contributed by atoms with Crippen molar-refractivity contribution >= 4 is 11.9 Å². The smallest absolute Gasteiger partial charge is 0.339 e. The van der Waals surface area contributed by atoms with Crippen LogP contribution >= 0.6 is 0 Å². The maximum absolute atomic E-state index is 12.4. The number of carbonyl (C=O) groups excluding carboxylic acids is 1. The van der Waals surface area contributed by atoms with Crippen molar-refractivity contribution < 1.29 is 14.7 Å². The average molecular weight is 251 g/mol. The van der Waals surface area contributed by atoms with E-state index in [1.165, 1.54) is 10.9 Å². The summed E-state index contributed by atoms with van der Waals surface area (Å²) in [5, 5.41) is 12.9. The molecule has 0 unspecified atom stereocenters. The fourth-order valence-electron chi connectivity index (χ4n) is 2.38.